The first kappa shape index (κ1) is 27.4. The van der Waals surface area contributed by atoms with Crippen LogP contribution < -0.4 is 15.6 Å². The zero-order valence-corrected chi connectivity index (χ0v) is 23.9. The molecular formula is C31H30F2N6O4. The number of hydrogen-bond acceptors (Lipinski definition) is 8. The molecule has 2 fully saturated rings. The average molecular weight is 589 g/mol. The molecule has 12 heteroatoms. The van der Waals surface area contributed by atoms with E-state index in [9.17, 15) is 19.1 Å². The quantitative estimate of drug-likeness (QED) is 0.306. The first-order valence-electron chi connectivity index (χ1n) is 14.1. The number of methoxy groups -OCH3 is 1. The molecule has 2 atom stereocenters. The third kappa shape index (κ3) is 4.11. The van der Waals surface area contributed by atoms with Crippen molar-refractivity contribution in [1.29, 1.82) is 0 Å². The van der Waals surface area contributed by atoms with Crippen LogP contribution in [0.2, 0.25) is 0 Å². The summed E-state index contributed by atoms with van der Waals surface area (Å²) in [5.74, 6) is -2.80. The van der Waals surface area contributed by atoms with Gasteiger partial charge in [0.25, 0.3) is 0 Å². The maximum Gasteiger partial charge on any atom is 0.341 e. The van der Waals surface area contributed by atoms with E-state index in [1.165, 1.54) is 23.9 Å². The zero-order valence-electron chi connectivity index (χ0n) is 23.9. The highest BCUT2D eigenvalue weighted by Crippen LogP contribution is 2.52. The lowest BCUT2D eigenvalue weighted by atomic mass is 9.96. The molecule has 0 spiro atoms. The number of pyridine rings is 3. The molecule has 0 radical (unpaired) electrons. The number of benzene rings is 1. The number of carboxylic acid groups (broad SMARTS) is 1. The van der Waals surface area contributed by atoms with Crippen LogP contribution >= 0.6 is 0 Å². The van der Waals surface area contributed by atoms with Crippen LogP contribution in [0.1, 0.15) is 28.0 Å². The van der Waals surface area contributed by atoms with Crippen molar-refractivity contribution in [2.24, 2.45) is 5.92 Å². The summed E-state index contributed by atoms with van der Waals surface area (Å²) in [5.41, 5.74) is 3.61. The molecule has 3 aliphatic rings. The smallest absolute Gasteiger partial charge is 0.341 e. The van der Waals surface area contributed by atoms with Crippen molar-refractivity contribution >= 4 is 28.4 Å². The van der Waals surface area contributed by atoms with Crippen LogP contribution in [0.3, 0.4) is 0 Å². The Balaban J connectivity index is 1.51. The van der Waals surface area contributed by atoms with E-state index in [0.717, 1.165) is 31.7 Å². The number of likely N-dealkylation sites (N-methyl/N-ethyl adjacent to an activating group) is 1. The van der Waals surface area contributed by atoms with Crippen LogP contribution in [-0.4, -0.2) is 77.4 Å². The predicted octanol–water partition coefficient (Wildman–Crippen LogP) is 3.79. The standard InChI is InChI=1S/C31H30F2N6O4/c1-34-22-8-21(32)27(33)25-17(22)7-23-26(25)28(39-5-4-15-11-37(2)13-24(15)39)19(10-35-23)16-6-18-29(40)20(31(41)42)12-38(14-43-3)30(18)36-9-16/h6,8-10,12,15,24,34H,4-5,7,11,13-14H2,1-3H3,(H,41,42)/t15-,24?/m0/s1. The van der Waals surface area contributed by atoms with Gasteiger partial charge in [0.1, 0.15) is 17.9 Å². The van der Waals surface area contributed by atoms with E-state index >= 15 is 4.39 Å². The number of rotatable bonds is 6. The van der Waals surface area contributed by atoms with E-state index in [1.807, 2.05) is 0 Å². The Morgan fingerprint density at radius 2 is 2.00 bits per heavy atom. The summed E-state index contributed by atoms with van der Waals surface area (Å²) >= 11 is 0. The highest BCUT2D eigenvalue weighted by atomic mass is 19.2. The van der Waals surface area contributed by atoms with Gasteiger partial charge in [-0.1, -0.05) is 0 Å². The van der Waals surface area contributed by atoms with Crippen LogP contribution in [-0.2, 0) is 17.9 Å². The molecule has 4 aromatic rings. The molecule has 3 aromatic heterocycles. The van der Waals surface area contributed by atoms with E-state index < -0.39 is 28.6 Å². The molecule has 1 aliphatic carbocycles. The summed E-state index contributed by atoms with van der Waals surface area (Å²) in [7, 11) is 5.22. The minimum Gasteiger partial charge on any atom is -0.477 e. The molecule has 10 nitrogen and oxygen atoms in total. The van der Waals surface area contributed by atoms with Crippen molar-refractivity contribution in [3.05, 3.63) is 69.4 Å². The molecule has 222 valence electrons. The number of hydrogen-bond donors (Lipinski definition) is 2. The van der Waals surface area contributed by atoms with Crippen LogP contribution in [0.25, 0.3) is 33.3 Å². The number of nitrogens with one attached hydrogen (secondary N) is 1. The maximum atomic E-state index is 15.7. The Morgan fingerprint density at radius 3 is 2.74 bits per heavy atom. The number of nitrogens with zero attached hydrogens (tertiary/aromatic N) is 5. The third-order valence-electron chi connectivity index (χ3n) is 9.06. The number of halogens is 2. The fourth-order valence-corrected chi connectivity index (χ4v) is 7.21. The topological polar surface area (TPSA) is 113 Å². The lowest BCUT2D eigenvalue weighted by molar-refractivity contribution is 0.0693. The summed E-state index contributed by atoms with van der Waals surface area (Å²) < 4.78 is 37.4. The van der Waals surface area contributed by atoms with E-state index in [-0.39, 0.29) is 29.4 Å². The number of likely N-dealkylation sites (tertiary alicyclic amines) is 1. The highest BCUT2D eigenvalue weighted by Gasteiger charge is 2.43. The molecule has 0 bridgehead atoms. The SMILES string of the molecule is CNc1cc(F)c(F)c2c1Cc1ncc(-c3cnc4c(c3)c(=O)c(C(=O)O)cn4COC)c(N3CC[C@H]4CN(C)CC43)c1-2. The van der Waals surface area contributed by atoms with Gasteiger partial charge >= 0.3 is 5.97 Å². The number of anilines is 2. The number of aromatic nitrogens is 3. The molecule has 43 heavy (non-hydrogen) atoms. The number of carbonyl (C=O) groups is 1. The van der Waals surface area contributed by atoms with Crippen molar-refractivity contribution in [2.45, 2.75) is 25.6 Å². The van der Waals surface area contributed by atoms with Crippen molar-refractivity contribution in [3.63, 3.8) is 0 Å². The van der Waals surface area contributed by atoms with Gasteiger partial charge in [-0.3, -0.25) is 9.78 Å². The van der Waals surface area contributed by atoms with Gasteiger partial charge in [0.05, 0.1) is 16.8 Å². The summed E-state index contributed by atoms with van der Waals surface area (Å²) in [4.78, 5) is 39.1. The maximum absolute atomic E-state index is 15.7. The second kappa shape index (κ2) is 10.1. The van der Waals surface area contributed by atoms with E-state index in [1.54, 1.807) is 25.5 Å². The Labute approximate surface area is 245 Å². The molecule has 7 rings (SSSR count). The normalized spacial score (nSPS) is 19.1. The van der Waals surface area contributed by atoms with Gasteiger partial charge in [-0.25, -0.2) is 18.6 Å². The Morgan fingerprint density at radius 1 is 1.19 bits per heavy atom. The Bertz CT molecular complexity index is 1890. The van der Waals surface area contributed by atoms with E-state index in [4.69, 9.17) is 9.72 Å². The van der Waals surface area contributed by atoms with Gasteiger partial charge in [-0.2, -0.15) is 0 Å². The van der Waals surface area contributed by atoms with E-state index in [2.05, 4.69) is 27.1 Å². The number of ether oxygens (including phenoxy) is 1. The average Bonchev–Trinajstić information content (AvgIpc) is 3.68. The first-order chi connectivity index (χ1) is 20.7. The molecular weight excluding hydrogens is 558 g/mol. The van der Waals surface area contributed by atoms with Crippen LogP contribution in [0.5, 0.6) is 0 Å². The van der Waals surface area contributed by atoms with Crippen molar-refractivity contribution in [3.8, 4) is 22.3 Å². The van der Waals surface area contributed by atoms with Gasteiger partial charge in [0, 0.05) is 98.9 Å². The lowest BCUT2D eigenvalue weighted by Crippen LogP contribution is -2.35. The Kier molecular flexibility index (Phi) is 6.44. The Hall–Kier alpha value is -4.42. The molecule has 2 aliphatic heterocycles. The van der Waals surface area contributed by atoms with Crippen molar-refractivity contribution in [1.82, 2.24) is 19.4 Å². The highest BCUT2D eigenvalue weighted by molar-refractivity contribution is 5.99. The largest absolute Gasteiger partial charge is 0.477 e. The monoisotopic (exact) mass is 588 g/mol. The molecule has 1 aromatic carbocycles. The van der Waals surface area contributed by atoms with Gasteiger partial charge in [0.2, 0.25) is 5.43 Å². The molecule has 2 N–H and O–H groups in total. The molecule has 1 unspecified atom stereocenters. The van der Waals surface area contributed by atoms with Crippen LogP contribution in [0.15, 0.2) is 35.5 Å². The lowest BCUT2D eigenvalue weighted by Gasteiger charge is -2.31. The van der Waals surface area contributed by atoms with Gasteiger partial charge < -0.3 is 29.5 Å². The fourth-order valence-electron chi connectivity index (χ4n) is 7.21. The molecule has 0 amide bonds. The third-order valence-corrected chi connectivity index (χ3v) is 9.06. The second-order valence-corrected chi connectivity index (χ2v) is 11.5. The summed E-state index contributed by atoms with van der Waals surface area (Å²) in [5, 5.41) is 12.8. The minimum absolute atomic E-state index is 0.00512. The molecule has 2 saturated heterocycles. The zero-order chi connectivity index (χ0) is 30.2. The summed E-state index contributed by atoms with van der Waals surface area (Å²) in [6, 6.07) is 2.95. The first-order valence-corrected chi connectivity index (χ1v) is 14.1. The predicted molar refractivity (Wildman–Crippen MR) is 158 cm³/mol. The minimum atomic E-state index is -1.36. The number of fused-ring (bicyclic) bond motifs is 5. The van der Waals surface area contributed by atoms with Crippen LogP contribution in [0, 0.1) is 17.6 Å². The van der Waals surface area contributed by atoms with Gasteiger partial charge in [-0.05, 0) is 31.0 Å². The summed E-state index contributed by atoms with van der Waals surface area (Å²) in [6.07, 6.45) is 5.82. The number of carboxylic acids is 1. The van der Waals surface area contributed by atoms with Gasteiger partial charge in [0.15, 0.2) is 11.6 Å². The summed E-state index contributed by atoms with van der Waals surface area (Å²) in [6.45, 7) is 2.49. The van der Waals surface area contributed by atoms with Gasteiger partial charge in [-0.15, -0.1) is 0 Å². The molecule has 0 saturated carbocycles. The van der Waals surface area contributed by atoms with Crippen LogP contribution in [0.4, 0.5) is 20.2 Å². The second-order valence-electron chi connectivity index (χ2n) is 11.5. The van der Waals surface area contributed by atoms with Crippen molar-refractivity contribution < 1.29 is 23.4 Å². The number of aromatic carboxylic acids is 1. The molecule has 5 heterocycles. The fraction of sp³-hybridized carbons (Fsp3) is 0.355. The van der Waals surface area contributed by atoms with E-state index in [0.29, 0.717) is 46.0 Å². The van der Waals surface area contributed by atoms with Crippen molar-refractivity contribution in [2.75, 3.05) is 51.1 Å².